The molecule has 0 spiro atoms. The number of halogens is 1. The monoisotopic (exact) mass is 1290 g/mol. The lowest BCUT2D eigenvalue weighted by molar-refractivity contribution is 0.00578. The van der Waals surface area contributed by atoms with E-state index in [0.29, 0.717) is 51.1 Å². The van der Waals surface area contributed by atoms with Crippen molar-refractivity contribution >= 4 is 112 Å². The van der Waals surface area contributed by atoms with Gasteiger partial charge in [0.25, 0.3) is 0 Å². The van der Waals surface area contributed by atoms with Gasteiger partial charge in [-0.25, -0.2) is 29.9 Å². The summed E-state index contributed by atoms with van der Waals surface area (Å²) in [5.41, 5.74) is 14.7. The topological polar surface area (TPSA) is 132 Å². The van der Waals surface area contributed by atoms with E-state index in [4.69, 9.17) is 59.6 Å². The molecule has 468 valence electrons. The van der Waals surface area contributed by atoms with Crippen LogP contribution in [0.5, 0.6) is 0 Å². The molecule has 14 heteroatoms. The highest BCUT2D eigenvalue weighted by Crippen LogP contribution is 2.42. The molecule has 1 saturated heterocycles. The van der Waals surface area contributed by atoms with Crippen LogP contribution in [0.25, 0.3) is 167 Å². The number of nitrogens with zero attached hydrogens (tertiary/aromatic N) is 8. The van der Waals surface area contributed by atoms with Gasteiger partial charge in [-0.3, -0.25) is 0 Å². The van der Waals surface area contributed by atoms with Gasteiger partial charge in [0.05, 0.1) is 44.4 Å². The van der Waals surface area contributed by atoms with Gasteiger partial charge in [0.1, 0.15) is 22.3 Å². The van der Waals surface area contributed by atoms with E-state index in [0.717, 1.165) is 110 Å². The van der Waals surface area contributed by atoms with Crippen molar-refractivity contribution in [2.24, 2.45) is 0 Å². The molecule has 12 aromatic carbocycles. The van der Waals surface area contributed by atoms with Crippen LogP contribution in [-0.2, 0) is 9.31 Å². The molecule has 6 aromatic heterocycles. The standard InChI is InChI=1S/C45H35BN4O3.C39H23ClN4O/c1-44(2)45(3,4)53-46(52-44)30-23-25-34-35-19-13-20-36(40(35)51-39(34)27-30)43-48-41(28-14-7-5-8-15-28)47-42(49-43)29-22-24-33-32-18-11-12-21-37(32)50(38(33)26-29)31-16-9-6-10-17-31;40-26-19-21-30-31-15-9-16-32(36(31)45-35(30)23-26)39-42-37(24-10-3-1-4-11-24)41-38(43-39)25-18-20-29-28-14-7-8-17-33(28)44(34(29)22-25)27-12-5-2-6-13-27/h5-27H,1-4H3;1-23H. The third-order valence-electron chi connectivity index (χ3n) is 19.2. The Balaban J connectivity index is 0.000000144. The maximum atomic E-state index is 6.67. The molecule has 1 aliphatic heterocycles. The molecule has 98 heavy (non-hydrogen) atoms. The first-order valence-corrected chi connectivity index (χ1v) is 33.1. The fourth-order valence-corrected chi connectivity index (χ4v) is 13.8. The minimum absolute atomic E-state index is 0.441. The predicted molar refractivity (Wildman–Crippen MR) is 396 cm³/mol. The van der Waals surface area contributed by atoms with E-state index < -0.39 is 18.3 Å². The van der Waals surface area contributed by atoms with Gasteiger partial charge >= 0.3 is 7.12 Å². The fraction of sp³-hybridized carbons (Fsp3) is 0.0714. The highest BCUT2D eigenvalue weighted by atomic mass is 35.5. The maximum absolute atomic E-state index is 6.67. The average Bonchev–Trinajstić information content (AvgIpc) is 1.56. The molecule has 19 rings (SSSR count). The molecule has 0 radical (unpaired) electrons. The summed E-state index contributed by atoms with van der Waals surface area (Å²) in [6.45, 7) is 8.25. The molecule has 0 atom stereocenters. The smallest absolute Gasteiger partial charge is 0.455 e. The minimum atomic E-state index is -0.491. The largest absolute Gasteiger partial charge is 0.494 e. The van der Waals surface area contributed by atoms with E-state index in [1.165, 1.54) is 16.2 Å². The number of hydrogen-bond acceptors (Lipinski definition) is 10. The number of hydrogen-bond donors (Lipinski definition) is 0. The third-order valence-corrected chi connectivity index (χ3v) is 19.5. The van der Waals surface area contributed by atoms with Gasteiger partial charge in [0, 0.05) is 87.8 Å². The number of furan rings is 2. The Hall–Kier alpha value is -11.9. The van der Waals surface area contributed by atoms with E-state index in [1.54, 1.807) is 0 Å². The lowest BCUT2D eigenvalue weighted by Gasteiger charge is -2.32. The van der Waals surface area contributed by atoms with Crippen molar-refractivity contribution in [2.45, 2.75) is 38.9 Å². The van der Waals surface area contributed by atoms with E-state index in [1.807, 2.05) is 121 Å². The molecule has 0 N–H and O–H groups in total. The quantitative estimate of drug-likeness (QED) is 0.129. The van der Waals surface area contributed by atoms with Gasteiger partial charge < -0.3 is 27.3 Å². The normalized spacial score (nSPS) is 13.6. The van der Waals surface area contributed by atoms with Crippen LogP contribution in [0, 0.1) is 0 Å². The Bertz CT molecular complexity index is 6150. The zero-order chi connectivity index (χ0) is 65.8. The van der Waals surface area contributed by atoms with Gasteiger partial charge in [-0.1, -0.05) is 206 Å². The Morgan fingerprint density at radius 1 is 0.306 bits per heavy atom. The van der Waals surface area contributed by atoms with Crippen LogP contribution in [-0.4, -0.2) is 57.4 Å². The summed E-state index contributed by atoms with van der Waals surface area (Å²) in [5.74, 6) is 3.42. The van der Waals surface area contributed by atoms with Gasteiger partial charge in [-0.15, -0.1) is 0 Å². The van der Waals surface area contributed by atoms with Crippen LogP contribution in [0.15, 0.2) is 288 Å². The van der Waals surface area contributed by atoms with Crippen molar-refractivity contribution in [3.8, 4) is 79.7 Å². The molecule has 0 unspecified atom stereocenters. The van der Waals surface area contributed by atoms with Crippen molar-refractivity contribution in [3.63, 3.8) is 0 Å². The summed E-state index contributed by atoms with van der Waals surface area (Å²) in [5, 5.41) is 9.30. The van der Waals surface area contributed by atoms with E-state index >= 15 is 0 Å². The Morgan fingerprint density at radius 3 is 1.14 bits per heavy atom. The van der Waals surface area contributed by atoms with Crippen molar-refractivity contribution in [2.75, 3.05) is 0 Å². The van der Waals surface area contributed by atoms with Crippen LogP contribution in [0.2, 0.25) is 5.02 Å². The lowest BCUT2D eigenvalue weighted by atomic mass is 9.79. The summed E-state index contributed by atoms with van der Waals surface area (Å²) < 4.78 is 30.4. The number of rotatable bonds is 9. The van der Waals surface area contributed by atoms with Crippen LogP contribution in [0.3, 0.4) is 0 Å². The SMILES string of the molecule is CC1(C)OB(c2ccc3c(c2)oc2c(-c4nc(-c5ccccc5)nc(-c5ccc6c7ccccc7n(-c7ccccc7)c6c5)n4)cccc23)OC1(C)C.Clc1ccc2c(c1)oc1c(-c3nc(-c4ccccc4)nc(-c4ccc5c6ccccc6n(-c6ccccc6)c5c4)n3)cccc12. The van der Waals surface area contributed by atoms with Crippen LogP contribution < -0.4 is 5.46 Å². The van der Waals surface area contributed by atoms with Gasteiger partial charge in [0.15, 0.2) is 34.9 Å². The van der Waals surface area contributed by atoms with Crippen molar-refractivity contribution in [1.82, 2.24) is 39.0 Å². The second kappa shape index (κ2) is 23.2. The Kier molecular flexibility index (Phi) is 13.9. The molecule has 1 aliphatic rings. The summed E-state index contributed by atoms with van der Waals surface area (Å²) in [6.07, 6.45) is 0. The molecule has 7 heterocycles. The Labute approximate surface area is 568 Å². The predicted octanol–water partition coefficient (Wildman–Crippen LogP) is 20.7. The van der Waals surface area contributed by atoms with Gasteiger partial charge in [-0.05, 0) is 112 Å². The van der Waals surface area contributed by atoms with E-state index in [2.05, 4.69) is 195 Å². The van der Waals surface area contributed by atoms with Crippen LogP contribution in [0.4, 0.5) is 0 Å². The zero-order valence-corrected chi connectivity index (χ0v) is 54.5. The molecule has 0 saturated carbocycles. The maximum Gasteiger partial charge on any atom is 0.494 e. The number of benzene rings is 12. The lowest BCUT2D eigenvalue weighted by Crippen LogP contribution is -2.41. The first kappa shape index (κ1) is 58.7. The number of fused-ring (bicyclic) bond motifs is 12. The first-order valence-electron chi connectivity index (χ1n) is 32.7. The summed E-state index contributed by atoms with van der Waals surface area (Å²) in [6, 6.07) is 95.0. The van der Waals surface area contributed by atoms with Gasteiger partial charge in [0.2, 0.25) is 0 Å². The zero-order valence-electron chi connectivity index (χ0n) is 53.7. The van der Waals surface area contributed by atoms with Crippen molar-refractivity contribution < 1.29 is 18.1 Å². The van der Waals surface area contributed by atoms with Crippen LogP contribution >= 0.6 is 11.6 Å². The third kappa shape index (κ3) is 10.0. The number of aromatic nitrogens is 8. The molecule has 12 nitrogen and oxygen atoms in total. The average molecular weight is 1290 g/mol. The summed E-state index contributed by atoms with van der Waals surface area (Å²) >= 11 is 6.30. The first-order chi connectivity index (χ1) is 47.9. The molecule has 0 aliphatic carbocycles. The fourth-order valence-electron chi connectivity index (χ4n) is 13.7. The summed E-state index contributed by atoms with van der Waals surface area (Å²) in [4.78, 5) is 30.4. The minimum Gasteiger partial charge on any atom is -0.455 e. The summed E-state index contributed by atoms with van der Waals surface area (Å²) in [7, 11) is -0.491. The molecule has 18 aromatic rings. The second-order valence-electron chi connectivity index (χ2n) is 25.7. The molecular formula is C84H58BClN8O4. The van der Waals surface area contributed by atoms with Crippen molar-refractivity contribution in [3.05, 3.63) is 284 Å². The molecular weight excluding hydrogens is 1230 g/mol. The van der Waals surface area contributed by atoms with Crippen LogP contribution in [0.1, 0.15) is 27.7 Å². The van der Waals surface area contributed by atoms with Crippen molar-refractivity contribution in [1.29, 1.82) is 0 Å². The molecule has 1 fully saturated rings. The highest BCUT2D eigenvalue weighted by molar-refractivity contribution is 6.62. The van der Waals surface area contributed by atoms with Gasteiger partial charge in [-0.2, -0.15) is 0 Å². The number of para-hydroxylation sites is 6. The molecule has 0 bridgehead atoms. The van der Waals surface area contributed by atoms with E-state index in [9.17, 15) is 0 Å². The molecule has 0 amide bonds. The highest BCUT2D eigenvalue weighted by Gasteiger charge is 2.52. The Morgan fingerprint density at radius 2 is 0.673 bits per heavy atom. The second-order valence-corrected chi connectivity index (χ2v) is 26.2. The van der Waals surface area contributed by atoms with E-state index in [-0.39, 0.29) is 0 Å².